The lowest BCUT2D eigenvalue weighted by Gasteiger charge is -2.28. The monoisotopic (exact) mass is 519 g/mol. The van der Waals surface area contributed by atoms with Crippen LogP contribution in [-0.4, -0.2) is 25.6 Å². The van der Waals surface area contributed by atoms with Crippen molar-refractivity contribution in [2.24, 2.45) is 5.92 Å². The summed E-state index contributed by atoms with van der Waals surface area (Å²) < 4.78 is 13.9. The van der Waals surface area contributed by atoms with Crippen LogP contribution in [0.4, 0.5) is 10.1 Å². The zero-order chi connectivity index (χ0) is 27.5. The summed E-state index contributed by atoms with van der Waals surface area (Å²) in [4.78, 5) is 17.0. The molecule has 1 fully saturated rings. The van der Waals surface area contributed by atoms with E-state index in [1.54, 1.807) is 36.5 Å². The van der Waals surface area contributed by atoms with Crippen LogP contribution >= 0.6 is 0 Å². The van der Waals surface area contributed by atoms with Crippen LogP contribution in [0.3, 0.4) is 0 Å². The van der Waals surface area contributed by atoms with Crippen molar-refractivity contribution < 1.29 is 4.39 Å². The second-order valence-corrected chi connectivity index (χ2v) is 9.49. The highest BCUT2D eigenvalue weighted by atomic mass is 19.1. The van der Waals surface area contributed by atoms with Gasteiger partial charge in [-0.15, -0.1) is 0 Å². The number of nitrogens with zero attached hydrogens (tertiary/aromatic N) is 3. The molecular weight excluding hydrogens is 489 g/mol. The highest BCUT2D eigenvalue weighted by molar-refractivity contribution is 6.12. The van der Waals surface area contributed by atoms with Crippen molar-refractivity contribution in [3.05, 3.63) is 114 Å². The number of nitrogen functional groups attached to an aromatic ring is 1. The molecule has 5 N–H and O–H groups in total. The van der Waals surface area contributed by atoms with Crippen LogP contribution in [0.5, 0.6) is 0 Å². The summed E-state index contributed by atoms with van der Waals surface area (Å²) in [5.74, 6) is 0.416. The zero-order valence-electron chi connectivity index (χ0n) is 21.8. The van der Waals surface area contributed by atoms with Crippen LogP contribution in [0.15, 0.2) is 91.4 Å². The average Bonchev–Trinajstić information content (AvgIpc) is 3.34. The summed E-state index contributed by atoms with van der Waals surface area (Å²) in [6, 6.07) is 11.5. The molecular formula is C31H30FN7. The first kappa shape index (κ1) is 25.8. The fourth-order valence-corrected chi connectivity index (χ4v) is 4.51. The Kier molecular flexibility index (Phi) is 7.19. The third-order valence-corrected chi connectivity index (χ3v) is 6.94. The SMILES string of the molecule is C=C/C(=C\C(=C/C)c1ccc(N)c(C(=N)c2nc3c(-c4cccc(F)c4)nccc3[nH]2)n1)NC(=C)C1CCC1. The van der Waals surface area contributed by atoms with Gasteiger partial charge in [-0.05, 0) is 73.7 Å². The maximum atomic E-state index is 13.9. The molecule has 7 nitrogen and oxygen atoms in total. The van der Waals surface area contributed by atoms with Gasteiger partial charge >= 0.3 is 0 Å². The van der Waals surface area contributed by atoms with Gasteiger partial charge in [0.15, 0.2) is 5.82 Å². The number of benzene rings is 1. The molecule has 0 bridgehead atoms. The molecule has 5 rings (SSSR count). The number of fused-ring (bicyclic) bond motifs is 1. The molecule has 196 valence electrons. The summed E-state index contributed by atoms with van der Waals surface area (Å²) in [7, 11) is 0. The van der Waals surface area contributed by atoms with E-state index in [1.165, 1.54) is 18.6 Å². The van der Waals surface area contributed by atoms with E-state index in [1.807, 2.05) is 25.1 Å². The lowest BCUT2D eigenvalue weighted by Crippen LogP contribution is -2.23. The largest absolute Gasteiger partial charge is 0.397 e. The van der Waals surface area contributed by atoms with Gasteiger partial charge in [0.25, 0.3) is 0 Å². The zero-order valence-corrected chi connectivity index (χ0v) is 21.8. The predicted octanol–water partition coefficient (Wildman–Crippen LogP) is 6.53. The molecule has 0 unspecified atom stereocenters. The second-order valence-electron chi connectivity index (χ2n) is 9.49. The molecule has 1 saturated carbocycles. The van der Waals surface area contributed by atoms with Crippen LogP contribution in [0, 0.1) is 17.1 Å². The number of aromatic nitrogens is 4. The molecule has 4 aromatic rings. The maximum absolute atomic E-state index is 13.9. The van der Waals surface area contributed by atoms with Gasteiger partial charge < -0.3 is 16.0 Å². The van der Waals surface area contributed by atoms with Gasteiger partial charge in [-0.25, -0.2) is 14.4 Å². The molecule has 1 aliphatic rings. The van der Waals surface area contributed by atoms with Crippen LogP contribution in [0.1, 0.15) is 43.4 Å². The first-order valence-electron chi connectivity index (χ1n) is 12.8. The Bertz CT molecular complexity index is 1660. The first-order chi connectivity index (χ1) is 18.9. The van der Waals surface area contributed by atoms with Crippen LogP contribution in [0.25, 0.3) is 27.9 Å². The molecule has 3 heterocycles. The minimum absolute atomic E-state index is 0.0376. The quantitative estimate of drug-likeness (QED) is 0.148. The van der Waals surface area contributed by atoms with E-state index in [-0.39, 0.29) is 17.4 Å². The molecule has 39 heavy (non-hydrogen) atoms. The summed E-state index contributed by atoms with van der Waals surface area (Å²) in [5, 5.41) is 12.3. The summed E-state index contributed by atoms with van der Waals surface area (Å²) in [6.07, 6.45) is 10.8. The van der Waals surface area contributed by atoms with Gasteiger partial charge in [-0.2, -0.15) is 0 Å². The van der Waals surface area contributed by atoms with Crippen LogP contribution < -0.4 is 11.1 Å². The van der Waals surface area contributed by atoms with Gasteiger partial charge in [-0.3, -0.25) is 10.4 Å². The Morgan fingerprint density at radius 3 is 2.72 bits per heavy atom. The fourth-order valence-electron chi connectivity index (χ4n) is 4.51. The number of halogens is 1. The highest BCUT2D eigenvalue weighted by Gasteiger charge is 2.21. The lowest BCUT2D eigenvalue weighted by atomic mass is 9.83. The van der Waals surface area contributed by atoms with Gasteiger partial charge in [0, 0.05) is 23.2 Å². The molecule has 0 amide bonds. The Morgan fingerprint density at radius 2 is 2.03 bits per heavy atom. The Morgan fingerprint density at radius 1 is 1.21 bits per heavy atom. The molecule has 0 spiro atoms. The van der Waals surface area contributed by atoms with E-state index in [0.717, 1.165) is 29.8 Å². The van der Waals surface area contributed by atoms with Gasteiger partial charge in [0.2, 0.25) is 0 Å². The third-order valence-electron chi connectivity index (χ3n) is 6.94. The Labute approximate surface area is 226 Å². The van der Waals surface area contributed by atoms with Crippen molar-refractivity contribution in [1.82, 2.24) is 25.3 Å². The molecule has 1 aromatic carbocycles. The number of anilines is 1. The fraction of sp³-hybridized carbons (Fsp3) is 0.161. The van der Waals surface area contributed by atoms with Crippen molar-refractivity contribution >= 4 is 28.0 Å². The van der Waals surface area contributed by atoms with Gasteiger partial charge in [-0.1, -0.05) is 37.8 Å². The van der Waals surface area contributed by atoms with E-state index in [0.29, 0.717) is 45.3 Å². The summed E-state index contributed by atoms with van der Waals surface area (Å²) in [5.41, 5.74) is 12.6. The number of aromatic amines is 1. The van der Waals surface area contributed by atoms with Gasteiger partial charge in [0.1, 0.15) is 22.7 Å². The Hall–Kier alpha value is -4.85. The third kappa shape index (κ3) is 5.27. The van der Waals surface area contributed by atoms with E-state index < -0.39 is 0 Å². The van der Waals surface area contributed by atoms with Crippen molar-refractivity contribution in [2.45, 2.75) is 26.2 Å². The summed E-state index contributed by atoms with van der Waals surface area (Å²) in [6.45, 7) is 10.1. The normalized spacial score (nSPS) is 14.2. The van der Waals surface area contributed by atoms with Gasteiger partial charge in [0.05, 0.1) is 22.6 Å². The number of hydrogen-bond donors (Lipinski definition) is 4. The first-order valence-corrected chi connectivity index (χ1v) is 12.8. The minimum atomic E-state index is -0.361. The number of rotatable bonds is 9. The molecule has 8 heteroatoms. The Balaban J connectivity index is 1.47. The topological polar surface area (TPSA) is 116 Å². The van der Waals surface area contributed by atoms with E-state index in [2.05, 4.69) is 33.4 Å². The minimum Gasteiger partial charge on any atom is -0.397 e. The number of imidazole rings is 1. The van der Waals surface area contributed by atoms with E-state index >= 15 is 0 Å². The number of hydrogen-bond acceptors (Lipinski definition) is 6. The number of nitrogens with one attached hydrogen (secondary N) is 3. The molecule has 1 aliphatic carbocycles. The molecule has 0 radical (unpaired) electrons. The smallest absolute Gasteiger partial charge is 0.158 e. The van der Waals surface area contributed by atoms with Crippen molar-refractivity contribution in [2.75, 3.05) is 5.73 Å². The van der Waals surface area contributed by atoms with E-state index in [9.17, 15) is 4.39 Å². The van der Waals surface area contributed by atoms with Crippen molar-refractivity contribution in [3.8, 4) is 11.3 Å². The number of allylic oxidation sites excluding steroid dienone is 5. The standard InChI is InChI=1S/C31H30FN7/c1-4-19(17-23(5-2)36-18(3)20-8-6-9-20)25-13-12-24(33)29(37-25)27(34)31-38-26-14-15-35-28(30(26)39-31)21-10-7-11-22(32)16-21/h4-5,7,10-17,20,34,36H,2-3,6,8-9,33H2,1H3,(H,38,39)/b19-4+,23-17+,34-27?. The number of H-pyrrole nitrogens is 1. The molecule has 0 saturated heterocycles. The molecule has 0 atom stereocenters. The highest BCUT2D eigenvalue weighted by Crippen LogP contribution is 2.32. The second kappa shape index (κ2) is 10.9. The average molecular weight is 520 g/mol. The predicted molar refractivity (Wildman–Crippen MR) is 155 cm³/mol. The van der Waals surface area contributed by atoms with Crippen molar-refractivity contribution in [3.63, 3.8) is 0 Å². The maximum Gasteiger partial charge on any atom is 0.158 e. The van der Waals surface area contributed by atoms with E-state index in [4.69, 9.17) is 16.1 Å². The molecule has 3 aromatic heterocycles. The van der Waals surface area contributed by atoms with Crippen LogP contribution in [0.2, 0.25) is 0 Å². The lowest BCUT2D eigenvalue weighted by molar-refractivity contribution is 0.356. The van der Waals surface area contributed by atoms with Crippen molar-refractivity contribution in [1.29, 1.82) is 5.41 Å². The molecule has 0 aliphatic heterocycles. The number of pyridine rings is 2. The van der Waals surface area contributed by atoms with Crippen LogP contribution in [-0.2, 0) is 0 Å². The number of nitrogens with two attached hydrogens (primary N) is 1. The summed E-state index contributed by atoms with van der Waals surface area (Å²) >= 11 is 0.